The van der Waals surface area contributed by atoms with E-state index in [2.05, 4.69) is 27.2 Å². The lowest BCUT2D eigenvalue weighted by molar-refractivity contribution is 0.231. The maximum Gasteiger partial charge on any atom is 0.234 e. The van der Waals surface area contributed by atoms with Crippen LogP contribution in [0.3, 0.4) is 0 Å². The summed E-state index contributed by atoms with van der Waals surface area (Å²) in [5.74, 6) is 1.50. The molecule has 5 heteroatoms. The van der Waals surface area contributed by atoms with Crippen LogP contribution in [0.15, 0.2) is 12.4 Å². The van der Waals surface area contributed by atoms with Gasteiger partial charge in [-0.2, -0.15) is 4.98 Å². The van der Waals surface area contributed by atoms with Gasteiger partial charge in [0.2, 0.25) is 5.88 Å². The smallest absolute Gasteiger partial charge is 0.234 e. The van der Waals surface area contributed by atoms with Crippen LogP contribution in [-0.2, 0) is 0 Å². The lowest BCUT2D eigenvalue weighted by Gasteiger charge is -2.35. The van der Waals surface area contributed by atoms with E-state index in [0.717, 1.165) is 5.82 Å². The van der Waals surface area contributed by atoms with Gasteiger partial charge in [0.15, 0.2) is 5.82 Å². The summed E-state index contributed by atoms with van der Waals surface area (Å²) in [6.45, 7) is 3.99. The van der Waals surface area contributed by atoms with Gasteiger partial charge < -0.3 is 15.0 Å². The average molecular weight is 278 g/mol. The topological polar surface area (TPSA) is 50.3 Å². The highest BCUT2D eigenvalue weighted by Gasteiger charge is 2.24. The first-order chi connectivity index (χ1) is 9.60. The summed E-state index contributed by atoms with van der Waals surface area (Å²) >= 11 is 0. The van der Waals surface area contributed by atoms with Crippen molar-refractivity contribution in [3.63, 3.8) is 0 Å². The molecule has 0 aromatic carbocycles. The van der Waals surface area contributed by atoms with E-state index in [-0.39, 0.29) is 6.10 Å². The van der Waals surface area contributed by atoms with Gasteiger partial charge >= 0.3 is 0 Å². The highest BCUT2D eigenvalue weighted by atomic mass is 16.5. The molecule has 0 radical (unpaired) electrons. The summed E-state index contributed by atoms with van der Waals surface area (Å²) in [4.78, 5) is 11.0. The van der Waals surface area contributed by atoms with Crippen LogP contribution in [0.4, 0.5) is 5.82 Å². The molecule has 1 N–H and O–H groups in total. The first-order valence-electron chi connectivity index (χ1n) is 7.49. The molecule has 112 valence electrons. The van der Waals surface area contributed by atoms with Crippen LogP contribution in [0.5, 0.6) is 5.88 Å². The fourth-order valence-electron chi connectivity index (χ4n) is 2.75. The standard InChI is InChI=1S/C15H26N4O/c1-11(2)20-15-10-17-9-14(18-15)19(4)13-7-5-12(16-3)6-8-13/h9-13,16H,5-8H2,1-4H3. The van der Waals surface area contributed by atoms with Crippen molar-refractivity contribution in [2.24, 2.45) is 0 Å². The molecule has 0 amide bonds. The van der Waals surface area contributed by atoms with Gasteiger partial charge in [-0.25, -0.2) is 0 Å². The third-order valence-electron chi connectivity index (χ3n) is 3.97. The Labute approximate surface area is 121 Å². The highest BCUT2D eigenvalue weighted by Crippen LogP contribution is 2.25. The first-order valence-corrected chi connectivity index (χ1v) is 7.49. The molecule has 1 saturated carbocycles. The zero-order chi connectivity index (χ0) is 14.5. The number of nitrogens with zero attached hydrogens (tertiary/aromatic N) is 3. The maximum absolute atomic E-state index is 5.62. The number of ether oxygens (including phenoxy) is 1. The van der Waals surface area contributed by atoms with Crippen LogP contribution in [0.2, 0.25) is 0 Å². The van der Waals surface area contributed by atoms with Crippen molar-refractivity contribution in [1.82, 2.24) is 15.3 Å². The molecular weight excluding hydrogens is 252 g/mol. The minimum atomic E-state index is 0.121. The largest absolute Gasteiger partial charge is 0.474 e. The molecule has 2 rings (SSSR count). The van der Waals surface area contributed by atoms with Gasteiger partial charge in [-0.05, 0) is 46.6 Å². The predicted molar refractivity (Wildman–Crippen MR) is 81.3 cm³/mol. The van der Waals surface area contributed by atoms with Crippen molar-refractivity contribution in [2.75, 3.05) is 19.0 Å². The lowest BCUT2D eigenvalue weighted by Crippen LogP contribution is -2.40. The Morgan fingerprint density at radius 3 is 2.55 bits per heavy atom. The molecule has 0 aliphatic heterocycles. The van der Waals surface area contributed by atoms with Gasteiger partial charge in [-0.1, -0.05) is 0 Å². The zero-order valence-electron chi connectivity index (χ0n) is 13.0. The number of nitrogens with one attached hydrogen (secondary N) is 1. The van der Waals surface area contributed by atoms with Crippen LogP contribution in [-0.4, -0.2) is 42.3 Å². The van der Waals surface area contributed by atoms with Crippen molar-refractivity contribution in [3.8, 4) is 5.88 Å². The van der Waals surface area contributed by atoms with E-state index in [1.807, 2.05) is 27.1 Å². The molecule has 0 spiro atoms. The van der Waals surface area contributed by atoms with Crippen molar-refractivity contribution < 1.29 is 4.74 Å². The van der Waals surface area contributed by atoms with E-state index in [9.17, 15) is 0 Å². The number of rotatable bonds is 5. The fourth-order valence-corrected chi connectivity index (χ4v) is 2.75. The van der Waals surface area contributed by atoms with Gasteiger partial charge in [0.1, 0.15) is 0 Å². The number of anilines is 1. The zero-order valence-corrected chi connectivity index (χ0v) is 13.0. The van der Waals surface area contributed by atoms with Gasteiger partial charge in [0.05, 0.1) is 18.5 Å². The second-order valence-electron chi connectivity index (χ2n) is 5.79. The molecule has 1 aromatic heterocycles. The van der Waals surface area contributed by atoms with Crippen LogP contribution in [0.1, 0.15) is 39.5 Å². The van der Waals surface area contributed by atoms with E-state index in [1.54, 1.807) is 6.20 Å². The second-order valence-corrected chi connectivity index (χ2v) is 5.79. The second kappa shape index (κ2) is 6.88. The number of aromatic nitrogens is 2. The van der Waals surface area contributed by atoms with Crippen LogP contribution in [0.25, 0.3) is 0 Å². The van der Waals surface area contributed by atoms with E-state index < -0.39 is 0 Å². The van der Waals surface area contributed by atoms with Crippen LogP contribution in [0, 0.1) is 0 Å². The summed E-state index contributed by atoms with van der Waals surface area (Å²) in [6.07, 6.45) is 8.45. The van der Waals surface area contributed by atoms with Gasteiger partial charge in [0.25, 0.3) is 0 Å². The summed E-state index contributed by atoms with van der Waals surface area (Å²) in [5.41, 5.74) is 0. The molecule has 1 aliphatic carbocycles. The Morgan fingerprint density at radius 2 is 1.95 bits per heavy atom. The van der Waals surface area contributed by atoms with Crippen LogP contribution < -0.4 is 15.0 Å². The summed E-state index contributed by atoms with van der Waals surface area (Å²) < 4.78 is 5.62. The van der Waals surface area contributed by atoms with Crippen molar-refractivity contribution in [3.05, 3.63) is 12.4 Å². The minimum absolute atomic E-state index is 0.121. The summed E-state index contributed by atoms with van der Waals surface area (Å²) in [7, 11) is 4.15. The van der Waals surface area contributed by atoms with Crippen molar-refractivity contribution >= 4 is 5.82 Å². The molecule has 0 saturated heterocycles. The minimum Gasteiger partial charge on any atom is -0.474 e. The average Bonchev–Trinajstić information content (AvgIpc) is 2.46. The first kappa shape index (κ1) is 15.0. The maximum atomic E-state index is 5.62. The molecule has 1 aromatic rings. The lowest BCUT2D eigenvalue weighted by atomic mass is 9.90. The van der Waals surface area contributed by atoms with Gasteiger partial charge in [-0.3, -0.25) is 4.98 Å². The normalized spacial score (nSPS) is 22.9. The third kappa shape index (κ3) is 3.82. The Morgan fingerprint density at radius 1 is 1.25 bits per heavy atom. The van der Waals surface area contributed by atoms with Gasteiger partial charge in [-0.15, -0.1) is 0 Å². The summed E-state index contributed by atoms with van der Waals surface area (Å²) in [5, 5.41) is 3.37. The molecule has 1 heterocycles. The van der Waals surface area contributed by atoms with Crippen LogP contribution >= 0.6 is 0 Å². The summed E-state index contributed by atoms with van der Waals surface area (Å²) in [6, 6.07) is 1.21. The molecule has 5 nitrogen and oxygen atoms in total. The highest BCUT2D eigenvalue weighted by molar-refractivity contribution is 5.38. The Bertz CT molecular complexity index is 416. The third-order valence-corrected chi connectivity index (χ3v) is 3.97. The Kier molecular flexibility index (Phi) is 5.17. The molecular formula is C15H26N4O. The molecule has 1 aliphatic rings. The molecule has 1 fully saturated rings. The van der Waals surface area contributed by atoms with E-state index in [1.165, 1.54) is 25.7 Å². The fraction of sp³-hybridized carbons (Fsp3) is 0.733. The number of hydrogen-bond acceptors (Lipinski definition) is 5. The quantitative estimate of drug-likeness (QED) is 0.895. The Balaban J connectivity index is 2.00. The Hall–Kier alpha value is -1.36. The van der Waals surface area contributed by atoms with E-state index in [0.29, 0.717) is 18.0 Å². The molecule has 0 atom stereocenters. The SMILES string of the molecule is CNC1CCC(N(C)c2cncc(OC(C)C)n2)CC1. The van der Waals surface area contributed by atoms with E-state index >= 15 is 0 Å². The molecule has 20 heavy (non-hydrogen) atoms. The monoisotopic (exact) mass is 278 g/mol. The van der Waals surface area contributed by atoms with E-state index in [4.69, 9.17) is 4.74 Å². The number of hydrogen-bond donors (Lipinski definition) is 1. The van der Waals surface area contributed by atoms with Crippen molar-refractivity contribution in [1.29, 1.82) is 0 Å². The molecule has 0 bridgehead atoms. The van der Waals surface area contributed by atoms with Gasteiger partial charge in [0, 0.05) is 19.1 Å². The predicted octanol–water partition coefficient (Wildman–Crippen LogP) is 2.23. The van der Waals surface area contributed by atoms with Crippen molar-refractivity contribution in [2.45, 2.75) is 57.7 Å². The molecule has 0 unspecified atom stereocenters.